The Kier molecular flexibility index (Phi) is 7.33. The number of carbonyl (C=O) groups excluding carboxylic acids is 1. The van der Waals surface area contributed by atoms with Crippen molar-refractivity contribution in [1.29, 1.82) is 0 Å². The van der Waals surface area contributed by atoms with E-state index in [4.69, 9.17) is 0 Å². The molecule has 0 radical (unpaired) electrons. The fraction of sp³-hybridized carbons (Fsp3) is 0.933. The summed E-state index contributed by atoms with van der Waals surface area (Å²) in [6, 6.07) is 0.497. The second-order valence-electron chi connectivity index (χ2n) is 5.57. The van der Waals surface area contributed by atoms with Crippen LogP contribution in [0.1, 0.15) is 58.8 Å². The third kappa shape index (κ3) is 4.97. The molecule has 0 aromatic carbocycles. The molecule has 1 rings (SSSR count). The van der Waals surface area contributed by atoms with Crippen molar-refractivity contribution in [2.75, 3.05) is 26.7 Å². The van der Waals surface area contributed by atoms with Crippen molar-refractivity contribution in [3.63, 3.8) is 0 Å². The van der Waals surface area contributed by atoms with Gasteiger partial charge in [-0.05, 0) is 38.8 Å². The van der Waals surface area contributed by atoms with Gasteiger partial charge in [-0.3, -0.25) is 9.69 Å². The van der Waals surface area contributed by atoms with Gasteiger partial charge in [0.15, 0.2) is 0 Å². The van der Waals surface area contributed by atoms with Crippen molar-refractivity contribution in [3.05, 3.63) is 0 Å². The van der Waals surface area contributed by atoms with Gasteiger partial charge >= 0.3 is 0 Å². The number of hydrogen-bond donors (Lipinski definition) is 0. The van der Waals surface area contributed by atoms with Crippen LogP contribution in [0.3, 0.4) is 0 Å². The summed E-state index contributed by atoms with van der Waals surface area (Å²) < 4.78 is 0. The Labute approximate surface area is 113 Å². The first kappa shape index (κ1) is 15.5. The molecule has 1 fully saturated rings. The minimum atomic E-state index is 0.309. The largest absolute Gasteiger partial charge is 0.342 e. The van der Waals surface area contributed by atoms with Crippen LogP contribution in [0, 0.1) is 0 Å². The molecule has 1 aliphatic carbocycles. The minimum absolute atomic E-state index is 0.309. The van der Waals surface area contributed by atoms with Crippen LogP contribution in [0.2, 0.25) is 0 Å². The van der Waals surface area contributed by atoms with Crippen LogP contribution < -0.4 is 0 Å². The fourth-order valence-electron chi connectivity index (χ4n) is 2.88. The number of amides is 1. The number of likely N-dealkylation sites (N-methyl/N-ethyl adjacent to an activating group) is 1. The predicted octanol–water partition coefficient (Wildman–Crippen LogP) is 2.90. The number of hydrogen-bond acceptors (Lipinski definition) is 2. The van der Waals surface area contributed by atoms with Gasteiger partial charge in [0.25, 0.3) is 0 Å². The van der Waals surface area contributed by atoms with Crippen molar-refractivity contribution in [3.8, 4) is 0 Å². The Morgan fingerprint density at radius 1 is 1.06 bits per heavy atom. The van der Waals surface area contributed by atoms with Crippen molar-refractivity contribution in [2.24, 2.45) is 0 Å². The van der Waals surface area contributed by atoms with Gasteiger partial charge in [-0.1, -0.05) is 33.1 Å². The molecular weight excluding hydrogens is 224 g/mol. The highest BCUT2D eigenvalue weighted by molar-refractivity contribution is 5.78. The summed E-state index contributed by atoms with van der Waals surface area (Å²) in [4.78, 5) is 16.6. The van der Waals surface area contributed by atoms with Crippen LogP contribution >= 0.6 is 0 Å². The molecule has 0 bridgehead atoms. The Hall–Kier alpha value is -0.570. The van der Waals surface area contributed by atoms with E-state index in [1.54, 1.807) is 0 Å². The van der Waals surface area contributed by atoms with Crippen LogP contribution in [0.15, 0.2) is 0 Å². The van der Waals surface area contributed by atoms with Gasteiger partial charge in [-0.2, -0.15) is 0 Å². The van der Waals surface area contributed by atoms with E-state index in [1.807, 2.05) is 11.9 Å². The third-order valence-corrected chi connectivity index (χ3v) is 3.95. The molecule has 1 aliphatic rings. The van der Waals surface area contributed by atoms with Crippen LogP contribution in [0.4, 0.5) is 0 Å². The summed E-state index contributed by atoms with van der Waals surface area (Å²) in [5, 5.41) is 0. The molecule has 3 nitrogen and oxygen atoms in total. The molecule has 0 heterocycles. The van der Waals surface area contributed by atoms with Crippen molar-refractivity contribution in [2.45, 2.75) is 64.8 Å². The molecule has 18 heavy (non-hydrogen) atoms. The molecular formula is C15H30N2O. The lowest BCUT2D eigenvalue weighted by molar-refractivity contribution is -0.133. The summed E-state index contributed by atoms with van der Waals surface area (Å²) >= 11 is 0. The molecule has 0 spiro atoms. The van der Waals surface area contributed by atoms with E-state index in [0.29, 0.717) is 18.5 Å². The molecule has 0 unspecified atom stereocenters. The summed E-state index contributed by atoms with van der Waals surface area (Å²) in [6.45, 7) is 7.04. The van der Waals surface area contributed by atoms with E-state index in [0.717, 1.165) is 25.9 Å². The maximum absolute atomic E-state index is 12.3. The monoisotopic (exact) mass is 254 g/mol. The van der Waals surface area contributed by atoms with Crippen molar-refractivity contribution >= 4 is 5.91 Å². The Morgan fingerprint density at radius 2 is 1.61 bits per heavy atom. The van der Waals surface area contributed by atoms with Gasteiger partial charge in [0.05, 0.1) is 6.54 Å². The number of rotatable bonds is 7. The topological polar surface area (TPSA) is 23.6 Å². The van der Waals surface area contributed by atoms with E-state index < -0.39 is 0 Å². The summed E-state index contributed by atoms with van der Waals surface area (Å²) in [5.74, 6) is 0.309. The molecule has 106 valence electrons. The Morgan fingerprint density at radius 3 is 2.11 bits per heavy atom. The molecule has 1 saturated carbocycles. The molecule has 3 heteroatoms. The zero-order chi connectivity index (χ0) is 13.4. The molecule has 1 amide bonds. The molecule has 0 aromatic rings. The van der Waals surface area contributed by atoms with E-state index in [9.17, 15) is 4.79 Å². The molecule has 0 N–H and O–H groups in total. The first-order valence-corrected chi connectivity index (χ1v) is 7.67. The zero-order valence-corrected chi connectivity index (χ0v) is 12.5. The molecule has 0 aliphatic heterocycles. The van der Waals surface area contributed by atoms with Crippen molar-refractivity contribution < 1.29 is 4.79 Å². The first-order chi connectivity index (χ1) is 8.69. The number of nitrogens with zero attached hydrogens (tertiary/aromatic N) is 2. The van der Waals surface area contributed by atoms with Gasteiger partial charge in [-0.25, -0.2) is 0 Å². The van der Waals surface area contributed by atoms with Crippen LogP contribution in [0.5, 0.6) is 0 Å². The smallest absolute Gasteiger partial charge is 0.236 e. The average molecular weight is 254 g/mol. The van der Waals surface area contributed by atoms with Gasteiger partial charge in [0, 0.05) is 13.1 Å². The van der Waals surface area contributed by atoms with Crippen LogP contribution in [-0.4, -0.2) is 48.4 Å². The zero-order valence-electron chi connectivity index (χ0n) is 12.5. The molecule has 0 aromatic heterocycles. The van der Waals surface area contributed by atoms with E-state index >= 15 is 0 Å². The quantitative estimate of drug-likeness (QED) is 0.697. The maximum Gasteiger partial charge on any atom is 0.236 e. The second kappa shape index (κ2) is 8.52. The van der Waals surface area contributed by atoms with Gasteiger partial charge in [0.2, 0.25) is 5.91 Å². The van der Waals surface area contributed by atoms with Crippen molar-refractivity contribution in [1.82, 2.24) is 9.80 Å². The van der Waals surface area contributed by atoms with E-state index in [-0.39, 0.29) is 0 Å². The van der Waals surface area contributed by atoms with E-state index in [1.165, 1.54) is 32.1 Å². The molecule has 0 atom stereocenters. The standard InChI is InChI=1S/C15H30N2O/c1-4-11-17(12-5-2)13-15(18)16(3)14-9-7-6-8-10-14/h14H,4-13H2,1-3H3. The van der Waals surface area contributed by atoms with E-state index in [2.05, 4.69) is 18.7 Å². The lowest BCUT2D eigenvalue weighted by Gasteiger charge is -2.33. The average Bonchev–Trinajstić information content (AvgIpc) is 2.39. The first-order valence-electron chi connectivity index (χ1n) is 7.67. The second-order valence-corrected chi connectivity index (χ2v) is 5.57. The Balaban J connectivity index is 2.40. The summed E-state index contributed by atoms with van der Waals surface area (Å²) in [5.41, 5.74) is 0. The van der Waals surface area contributed by atoms with Crippen LogP contribution in [-0.2, 0) is 4.79 Å². The SMILES string of the molecule is CCCN(CCC)CC(=O)N(C)C1CCCCC1. The maximum atomic E-state index is 12.3. The third-order valence-electron chi connectivity index (χ3n) is 3.95. The highest BCUT2D eigenvalue weighted by Crippen LogP contribution is 2.21. The van der Waals surface area contributed by atoms with Gasteiger partial charge in [-0.15, -0.1) is 0 Å². The van der Waals surface area contributed by atoms with Crippen LogP contribution in [0.25, 0.3) is 0 Å². The highest BCUT2D eigenvalue weighted by atomic mass is 16.2. The normalized spacial score (nSPS) is 17.1. The lowest BCUT2D eigenvalue weighted by atomic mass is 9.94. The fourth-order valence-corrected chi connectivity index (χ4v) is 2.88. The summed E-state index contributed by atoms with van der Waals surface area (Å²) in [6.07, 6.45) is 8.57. The van der Waals surface area contributed by atoms with Gasteiger partial charge in [0.1, 0.15) is 0 Å². The lowest BCUT2D eigenvalue weighted by Crippen LogP contribution is -2.44. The predicted molar refractivity (Wildman–Crippen MR) is 76.7 cm³/mol. The highest BCUT2D eigenvalue weighted by Gasteiger charge is 2.22. The summed E-state index contributed by atoms with van der Waals surface area (Å²) in [7, 11) is 1.99. The Bertz CT molecular complexity index is 231. The van der Waals surface area contributed by atoms with Gasteiger partial charge < -0.3 is 4.90 Å². The molecule has 0 saturated heterocycles. The number of carbonyl (C=O) groups is 1. The minimum Gasteiger partial charge on any atom is -0.342 e.